The van der Waals surface area contributed by atoms with Gasteiger partial charge in [0.15, 0.2) is 5.75 Å². The molecule has 1 fully saturated rings. The molecule has 2 aliphatic rings. The van der Waals surface area contributed by atoms with Crippen LogP contribution in [0, 0.1) is 0 Å². The van der Waals surface area contributed by atoms with Gasteiger partial charge in [0.05, 0.1) is 18.2 Å². The summed E-state index contributed by atoms with van der Waals surface area (Å²) in [7, 11) is 1.22. The maximum Gasteiger partial charge on any atom is 0.416 e. The van der Waals surface area contributed by atoms with Crippen LogP contribution < -0.4 is 4.74 Å². The Bertz CT molecular complexity index is 1120. The predicted octanol–water partition coefficient (Wildman–Crippen LogP) is 3.99. The fourth-order valence-corrected chi connectivity index (χ4v) is 3.96. The van der Waals surface area contributed by atoms with E-state index >= 15 is 0 Å². The van der Waals surface area contributed by atoms with E-state index in [4.69, 9.17) is 4.74 Å². The number of amidine groups is 1. The van der Waals surface area contributed by atoms with Gasteiger partial charge in [-0.25, -0.2) is 4.99 Å². The van der Waals surface area contributed by atoms with Crippen LogP contribution in [0.4, 0.5) is 18.9 Å². The molecule has 0 saturated carbocycles. The van der Waals surface area contributed by atoms with Gasteiger partial charge in [-0.2, -0.15) is 13.2 Å². The number of aliphatic imine (C=N–C) groups is 1. The molecular formula is C23H22F3N3O4. The maximum absolute atomic E-state index is 13.3. The summed E-state index contributed by atoms with van der Waals surface area (Å²) in [6.07, 6.45) is -4.85. The van der Waals surface area contributed by atoms with Crippen LogP contribution >= 0.6 is 0 Å². The average Bonchev–Trinajstić information content (AvgIpc) is 2.94. The summed E-state index contributed by atoms with van der Waals surface area (Å²) in [5.41, 5.74) is -0.0952. The molecule has 1 amide bonds. The summed E-state index contributed by atoms with van der Waals surface area (Å²) in [5, 5.41) is 0. The van der Waals surface area contributed by atoms with Crippen molar-refractivity contribution in [2.45, 2.75) is 25.6 Å². The second kappa shape index (κ2) is 8.76. The highest BCUT2D eigenvalue weighted by molar-refractivity contribution is 6.04. The van der Waals surface area contributed by atoms with E-state index in [0.717, 1.165) is 12.1 Å². The van der Waals surface area contributed by atoms with Gasteiger partial charge in [0.1, 0.15) is 23.7 Å². The van der Waals surface area contributed by atoms with Crippen molar-refractivity contribution in [3.8, 4) is 11.5 Å². The molecule has 0 spiro atoms. The monoisotopic (exact) mass is 461 g/mol. The quantitative estimate of drug-likeness (QED) is 0.500. The van der Waals surface area contributed by atoms with Crippen LogP contribution in [-0.4, -0.2) is 60.3 Å². The molecule has 1 atom stereocenters. The van der Waals surface area contributed by atoms with Gasteiger partial charge in [-0.1, -0.05) is 12.1 Å². The lowest BCUT2D eigenvalue weighted by atomic mass is 10.1. The lowest BCUT2D eigenvalue weighted by Gasteiger charge is -2.41. The average molecular weight is 461 g/mol. The highest BCUT2D eigenvalue weighted by atomic mass is 19.4. The SMILES string of the molecule is COC(=O)CC(=O)N1CCN(C2=Nc3cc(C(F)(F)F)ccc3Oc3ccccc32)CC1C. The first kappa shape index (κ1) is 22.6. The van der Waals surface area contributed by atoms with E-state index in [1.807, 2.05) is 11.8 Å². The van der Waals surface area contributed by atoms with Gasteiger partial charge >= 0.3 is 12.1 Å². The third kappa shape index (κ3) is 4.64. The topological polar surface area (TPSA) is 71.4 Å². The number of ether oxygens (including phenoxy) is 2. The number of hydrogen-bond acceptors (Lipinski definition) is 6. The summed E-state index contributed by atoms with van der Waals surface area (Å²) in [6, 6.07) is 10.1. The molecule has 2 aromatic carbocycles. The smallest absolute Gasteiger partial charge is 0.416 e. The summed E-state index contributed by atoms with van der Waals surface area (Å²) in [5.74, 6) is 0.235. The summed E-state index contributed by atoms with van der Waals surface area (Å²) < 4.78 is 50.4. The number of alkyl halides is 3. The summed E-state index contributed by atoms with van der Waals surface area (Å²) in [4.78, 5) is 32.0. The van der Waals surface area contributed by atoms with Gasteiger partial charge in [0, 0.05) is 25.7 Å². The third-order valence-corrected chi connectivity index (χ3v) is 5.63. The number of halogens is 3. The van der Waals surface area contributed by atoms with Crippen molar-refractivity contribution < 1.29 is 32.2 Å². The molecule has 0 N–H and O–H groups in total. The third-order valence-electron chi connectivity index (χ3n) is 5.63. The van der Waals surface area contributed by atoms with E-state index in [-0.39, 0.29) is 29.8 Å². The normalized spacial score (nSPS) is 17.8. The number of benzene rings is 2. The van der Waals surface area contributed by atoms with E-state index in [2.05, 4.69) is 9.73 Å². The summed E-state index contributed by atoms with van der Waals surface area (Å²) in [6.45, 7) is 2.94. The Morgan fingerprint density at radius 2 is 1.91 bits per heavy atom. The Balaban J connectivity index is 1.67. The van der Waals surface area contributed by atoms with Gasteiger partial charge in [0.2, 0.25) is 5.91 Å². The number of carbonyl (C=O) groups excluding carboxylic acids is 2. The van der Waals surface area contributed by atoms with E-state index in [9.17, 15) is 22.8 Å². The number of esters is 1. The van der Waals surface area contributed by atoms with Gasteiger partial charge < -0.3 is 19.3 Å². The molecule has 1 unspecified atom stereocenters. The standard InChI is InChI=1S/C23H22F3N3O4/c1-14-13-28(9-10-29(14)20(30)12-21(31)32-2)22-16-5-3-4-6-18(16)33-19-8-7-15(23(24,25)26)11-17(19)27-22/h3-8,11,14H,9-10,12-13H2,1-2H3. The molecule has 33 heavy (non-hydrogen) atoms. The van der Waals surface area contributed by atoms with Crippen LogP contribution in [-0.2, 0) is 20.5 Å². The van der Waals surface area contributed by atoms with Crippen molar-refractivity contribution in [3.05, 3.63) is 53.6 Å². The molecule has 2 aromatic rings. The Kier molecular flexibility index (Phi) is 6.01. The van der Waals surface area contributed by atoms with Crippen molar-refractivity contribution >= 4 is 23.4 Å². The highest BCUT2D eigenvalue weighted by Gasteiger charge is 2.34. The highest BCUT2D eigenvalue weighted by Crippen LogP contribution is 2.41. The lowest BCUT2D eigenvalue weighted by Crippen LogP contribution is -2.55. The minimum absolute atomic E-state index is 0.0767. The van der Waals surface area contributed by atoms with Crippen LogP contribution in [0.1, 0.15) is 24.5 Å². The molecule has 0 radical (unpaired) electrons. The zero-order valence-electron chi connectivity index (χ0n) is 18.1. The Hall–Kier alpha value is -3.56. The lowest BCUT2D eigenvalue weighted by molar-refractivity contribution is -0.148. The number of nitrogens with zero attached hydrogens (tertiary/aromatic N) is 3. The predicted molar refractivity (Wildman–Crippen MR) is 114 cm³/mol. The van der Waals surface area contributed by atoms with Crippen molar-refractivity contribution in [1.29, 1.82) is 0 Å². The van der Waals surface area contributed by atoms with E-state index < -0.39 is 17.7 Å². The molecule has 0 aliphatic carbocycles. The number of piperazine rings is 1. The molecule has 0 bridgehead atoms. The molecule has 7 nitrogen and oxygen atoms in total. The van der Waals surface area contributed by atoms with Crippen LogP contribution in [0.5, 0.6) is 11.5 Å². The number of rotatable bonds is 2. The number of amides is 1. The zero-order valence-corrected chi connectivity index (χ0v) is 18.1. The number of hydrogen-bond donors (Lipinski definition) is 0. The Morgan fingerprint density at radius 3 is 2.61 bits per heavy atom. The first-order valence-electron chi connectivity index (χ1n) is 10.4. The first-order chi connectivity index (χ1) is 15.7. The number of methoxy groups -OCH3 is 1. The van der Waals surface area contributed by atoms with Gasteiger partial charge in [-0.05, 0) is 37.3 Å². The van der Waals surface area contributed by atoms with E-state index in [1.54, 1.807) is 29.2 Å². The van der Waals surface area contributed by atoms with Crippen molar-refractivity contribution in [2.24, 2.45) is 4.99 Å². The molecule has 4 rings (SSSR count). The molecular weight excluding hydrogens is 439 g/mol. The summed E-state index contributed by atoms with van der Waals surface area (Å²) >= 11 is 0. The van der Waals surface area contributed by atoms with Crippen LogP contribution in [0.2, 0.25) is 0 Å². The number of para-hydroxylation sites is 1. The fourth-order valence-electron chi connectivity index (χ4n) is 3.96. The van der Waals surface area contributed by atoms with Crippen molar-refractivity contribution in [2.75, 3.05) is 26.7 Å². The van der Waals surface area contributed by atoms with Gasteiger partial charge in [-0.3, -0.25) is 9.59 Å². The maximum atomic E-state index is 13.3. The Morgan fingerprint density at radius 1 is 1.15 bits per heavy atom. The largest absolute Gasteiger partial charge is 0.469 e. The fraction of sp³-hybridized carbons (Fsp3) is 0.348. The second-order valence-electron chi connectivity index (χ2n) is 7.85. The molecule has 0 aromatic heterocycles. The van der Waals surface area contributed by atoms with Crippen LogP contribution in [0.15, 0.2) is 47.5 Å². The van der Waals surface area contributed by atoms with E-state index in [1.165, 1.54) is 13.2 Å². The van der Waals surface area contributed by atoms with Crippen LogP contribution in [0.3, 0.4) is 0 Å². The van der Waals surface area contributed by atoms with Crippen LogP contribution in [0.25, 0.3) is 0 Å². The van der Waals surface area contributed by atoms with Gasteiger partial charge in [-0.15, -0.1) is 0 Å². The second-order valence-corrected chi connectivity index (χ2v) is 7.85. The number of fused-ring (bicyclic) bond motifs is 2. The molecule has 2 heterocycles. The van der Waals surface area contributed by atoms with E-state index in [0.29, 0.717) is 36.8 Å². The molecule has 10 heteroatoms. The van der Waals surface area contributed by atoms with Gasteiger partial charge in [0.25, 0.3) is 0 Å². The molecule has 174 valence electrons. The zero-order chi connectivity index (χ0) is 23.8. The Labute approximate surface area is 188 Å². The first-order valence-corrected chi connectivity index (χ1v) is 10.4. The molecule has 2 aliphatic heterocycles. The number of carbonyl (C=O) groups is 2. The van der Waals surface area contributed by atoms with Crippen molar-refractivity contribution in [3.63, 3.8) is 0 Å². The minimum atomic E-state index is -4.51. The molecule has 1 saturated heterocycles. The van der Waals surface area contributed by atoms with Crippen molar-refractivity contribution in [1.82, 2.24) is 9.80 Å². The minimum Gasteiger partial charge on any atom is -0.469 e.